The van der Waals surface area contributed by atoms with Crippen molar-refractivity contribution in [2.75, 3.05) is 13.2 Å². The second-order valence-electron chi connectivity index (χ2n) is 6.08. The molecule has 2 N–H and O–H groups in total. The number of urea groups is 1. The number of esters is 1. The van der Waals surface area contributed by atoms with Crippen molar-refractivity contribution in [3.63, 3.8) is 0 Å². The Morgan fingerprint density at radius 3 is 1.90 bits per heavy atom. The zero-order chi connectivity index (χ0) is 21.3. The van der Waals surface area contributed by atoms with E-state index in [2.05, 4.69) is 0 Å². The minimum absolute atomic E-state index is 0.0540. The van der Waals surface area contributed by atoms with E-state index >= 15 is 0 Å². The largest absolute Gasteiger partial charge is 0.456 e. The van der Waals surface area contributed by atoms with Crippen molar-refractivity contribution in [2.24, 2.45) is 0 Å². The second kappa shape index (κ2) is 10.3. The molecule has 29 heavy (non-hydrogen) atoms. The Hall–Kier alpha value is -3.36. The average Bonchev–Trinajstić information content (AvgIpc) is 2.70. The van der Waals surface area contributed by atoms with E-state index in [0.717, 1.165) is 11.1 Å². The molecule has 0 bridgehead atoms. The summed E-state index contributed by atoms with van der Waals surface area (Å²) in [6, 6.07) is 17.2. The number of carbonyl (C=O) groups excluding carboxylic acids is 3. The van der Waals surface area contributed by atoms with Gasteiger partial charge in [0.05, 0.1) is 6.42 Å². The fourth-order valence-corrected chi connectivity index (χ4v) is 2.56. The van der Waals surface area contributed by atoms with Gasteiger partial charge in [0.25, 0.3) is 5.91 Å². The van der Waals surface area contributed by atoms with Crippen LogP contribution in [0.1, 0.15) is 23.5 Å². The maximum absolute atomic E-state index is 12.2. The van der Waals surface area contributed by atoms with Crippen LogP contribution in [0, 0.1) is 0 Å². The maximum atomic E-state index is 12.2. The summed E-state index contributed by atoms with van der Waals surface area (Å²) < 4.78 is 40.9. The van der Waals surface area contributed by atoms with Crippen molar-refractivity contribution in [2.45, 2.75) is 18.5 Å². The predicted octanol–water partition coefficient (Wildman–Crippen LogP) is 3.14. The van der Waals surface area contributed by atoms with E-state index in [1.807, 2.05) is 60.7 Å². The number of amides is 3. The molecule has 3 amide bonds. The van der Waals surface area contributed by atoms with Crippen LogP contribution in [0.4, 0.5) is 18.0 Å². The highest BCUT2D eigenvalue weighted by Crippen LogP contribution is 2.28. The van der Waals surface area contributed by atoms with Crippen molar-refractivity contribution in [3.8, 4) is 0 Å². The summed E-state index contributed by atoms with van der Waals surface area (Å²) in [4.78, 5) is 35.0. The lowest BCUT2D eigenvalue weighted by Gasteiger charge is -2.17. The van der Waals surface area contributed by atoms with Gasteiger partial charge in [0.1, 0.15) is 6.54 Å². The summed E-state index contributed by atoms with van der Waals surface area (Å²) in [7, 11) is 0. The van der Waals surface area contributed by atoms with Crippen molar-refractivity contribution >= 4 is 17.9 Å². The van der Waals surface area contributed by atoms with Crippen LogP contribution in [0.15, 0.2) is 60.7 Å². The Bertz CT molecular complexity index is 787. The van der Waals surface area contributed by atoms with Crippen molar-refractivity contribution in [1.82, 2.24) is 10.6 Å². The highest BCUT2D eigenvalue weighted by atomic mass is 19.4. The first kappa shape index (κ1) is 21.9. The number of halogens is 3. The van der Waals surface area contributed by atoms with Crippen LogP contribution >= 0.6 is 0 Å². The standard InChI is InChI=1S/C20H19F3N2O4/c21-20(22,23)13-24-19(28)25-17(26)12-29-18(27)11-16(14-7-3-1-4-8-14)15-9-5-2-6-10-15/h1-10,16H,11-13H2,(H2,24,25,26,28). The molecular weight excluding hydrogens is 389 g/mol. The van der Waals surface area contributed by atoms with Crippen LogP contribution in [0.25, 0.3) is 0 Å². The molecule has 0 heterocycles. The normalized spacial score (nSPS) is 11.0. The van der Waals surface area contributed by atoms with Crippen LogP contribution in [0.3, 0.4) is 0 Å². The third-order valence-corrected chi connectivity index (χ3v) is 3.84. The quantitative estimate of drug-likeness (QED) is 0.690. The molecule has 0 unspecified atom stereocenters. The Morgan fingerprint density at radius 2 is 1.41 bits per heavy atom. The number of rotatable bonds is 7. The molecule has 0 saturated carbocycles. The molecule has 0 radical (unpaired) electrons. The van der Waals surface area contributed by atoms with Gasteiger partial charge in [-0.3, -0.25) is 14.9 Å². The molecule has 2 aromatic carbocycles. The molecule has 0 aliphatic rings. The van der Waals surface area contributed by atoms with E-state index in [9.17, 15) is 27.6 Å². The third-order valence-electron chi connectivity index (χ3n) is 3.84. The molecule has 0 spiro atoms. The minimum atomic E-state index is -4.60. The number of imide groups is 1. The van der Waals surface area contributed by atoms with Crippen LogP contribution in [0.5, 0.6) is 0 Å². The van der Waals surface area contributed by atoms with Gasteiger partial charge in [-0.25, -0.2) is 4.79 Å². The van der Waals surface area contributed by atoms with Gasteiger partial charge in [0.2, 0.25) is 0 Å². The Balaban J connectivity index is 1.89. The first-order chi connectivity index (χ1) is 13.7. The highest BCUT2D eigenvalue weighted by molar-refractivity contribution is 5.95. The number of nitrogens with one attached hydrogen (secondary N) is 2. The van der Waals surface area contributed by atoms with Gasteiger partial charge in [-0.05, 0) is 11.1 Å². The molecule has 0 aliphatic heterocycles. The van der Waals surface area contributed by atoms with E-state index in [0.29, 0.717) is 0 Å². The molecule has 154 valence electrons. The van der Waals surface area contributed by atoms with E-state index in [4.69, 9.17) is 4.74 Å². The first-order valence-corrected chi connectivity index (χ1v) is 8.64. The van der Waals surface area contributed by atoms with Gasteiger partial charge >= 0.3 is 18.2 Å². The minimum Gasteiger partial charge on any atom is -0.456 e. The molecule has 9 heteroatoms. The smallest absolute Gasteiger partial charge is 0.405 e. The van der Waals surface area contributed by atoms with Crippen LogP contribution in [-0.2, 0) is 14.3 Å². The molecule has 0 atom stereocenters. The van der Waals surface area contributed by atoms with E-state index in [1.54, 1.807) is 5.32 Å². The Morgan fingerprint density at radius 1 is 0.897 bits per heavy atom. The summed E-state index contributed by atoms with van der Waals surface area (Å²) in [5.74, 6) is -2.02. The van der Waals surface area contributed by atoms with E-state index < -0.39 is 37.2 Å². The number of alkyl halides is 3. The van der Waals surface area contributed by atoms with Gasteiger partial charge in [0.15, 0.2) is 6.61 Å². The second-order valence-corrected chi connectivity index (χ2v) is 6.08. The SMILES string of the molecule is O=C(COC(=O)CC(c1ccccc1)c1ccccc1)NC(=O)NCC(F)(F)F. The van der Waals surface area contributed by atoms with Crippen molar-refractivity contribution in [3.05, 3.63) is 71.8 Å². The van der Waals surface area contributed by atoms with Gasteiger partial charge in [-0.1, -0.05) is 60.7 Å². The predicted molar refractivity (Wildman–Crippen MR) is 97.9 cm³/mol. The zero-order valence-electron chi connectivity index (χ0n) is 15.2. The Labute approximate surface area is 165 Å². The van der Waals surface area contributed by atoms with Crippen molar-refractivity contribution < 1.29 is 32.3 Å². The first-order valence-electron chi connectivity index (χ1n) is 8.64. The van der Waals surface area contributed by atoms with Crippen LogP contribution in [-0.4, -0.2) is 37.2 Å². The molecule has 0 fully saturated rings. The lowest BCUT2D eigenvalue weighted by Crippen LogP contribution is -2.44. The number of hydrogen-bond acceptors (Lipinski definition) is 4. The third kappa shape index (κ3) is 8.04. The Kier molecular flexibility index (Phi) is 7.76. The summed E-state index contributed by atoms with van der Waals surface area (Å²) in [6.07, 6.45) is -4.65. The molecule has 0 saturated heterocycles. The van der Waals surface area contributed by atoms with Crippen LogP contribution in [0.2, 0.25) is 0 Å². The summed E-state index contributed by atoms with van der Waals surface area (Å²) in [6.45, 7) is -2.36. The monoisotopic (exact) mass is 408 g/mol. The molecular formula is C20H19F3N2O4. The molecule has 2 aromatic rings. The van der Waals surface area contributed by atoms with E-state index in [-0.39, 0.29) is 12.3 Å². The van der Waals surface area contributed by atoms with Crippen LogP contribution < -0.4 is 10.6 Å². The number of hydrogen-bond donors (Lipinski definition) is 2. The fraction of sp³-hybridized carbons (Fsp3) is 0.250. The fourth-order valence-electron chi connectivity index (χ4n) is 2.56. The number of benzene rings is 2. The zero-order valence-corrected chi connectivity index (χ0v) is 15.2. The molecule has 2 rings (SSSR count). The summed E-state index contributed by atoms with van der Waals surface area (Å²) in [5, 5.41) is 3.14. The molecule has 0 aliphatic carbocycles. The van der Waals surface area contributed by atoms with Gasteiger partial charge in [-0.2, -0.15) is 13.2 Å². The molecule has 6 nitrogen and oxygen atoms in total. The average molecular weight is 408 g/mol. The topological polar surface area (TPSA) is 84.5 Å². The number of ether oxygens (including phenoxy) is 1. The van der Waals surface area contributed by atoms with Gasteiger partial charge in [0, 0.05) is 5.92 Å². The molecule has 0 aromatic heterocycles. The number of carbonyl (C=O) groups is 3. The summed E-state index contributed by atoms with van der Waals surface area (Å²) >= 11 is 0. The van der Waals surface area contributed by atoms with Crippen molar-refractivity contribution in [1.29, 1.82) is 0 Å². The highest BCUT2D eigenvalue weighted by Gasteiger charge is 2.28. The lowest BCUT2D eigenvalue weighted by molar-refractivity contribution is -0.148. The van der Waals surface area contributed by atoms with E-state index in [1.165, 1.54) is 5.32 Å². The van der Waals surface area contributed by atoms with Gasteiger partial charge in [-0.15, -0.1) is 0 Å². The summed E-state index contributed by atoms with van der Waals surface area (Å²) in [5.41, 5.74) is 1.76. The maximum Gasteiger partial charge on any atom is 0.405 e. The van der Waals surface area contributed by atoms with Gasteiger partial charge < -0.3 is 10.1 Å². The lowest BCUT2D eigenvalue weighted by atomic mass is 9.89.